The summed E-state index contributed by atoms with van der Waals surface area (Å²) in [6.07, 6.45) is 2.26. The lowest BCUT2D eigenvalue weighted by molar-refractivity contribution is -0.116. The molecule has 24 heavy (non-hydrogen) atoms. The van der Waals surface area contributed by atoms with E-state index in [-0.39, 0.29) is 17.3 Å². The average Bonchev–Trinajstić information content (AvgIpc) is 3.13. The van der Waals surface area contributed by atoms with Crippen molar-refractivity contribution >= 4 is 55.7 Å². The van der Waals surface area contributed by atoms with Crippen molar-refractivity contribution in [2.75, 3.05) is 11.1 Å². The van der Waals surface area contributed by atoms with Crippen LogP contribution in [0.3, 0.4) is 0 Å². The normalized spacial score (nSPS) is 11.0. The van der Waals surface area contributed by atoms with Gasteiger partial charge in [-0.3, -0.25) is 19.5 Å². The van der Waals surface area contributed by atoms with E-state index < -0.39 is 0 Å². The lowest BCUT2D eigenvalue weighted by Gasteiger charge is -2.03. The molecule has 0 radical (unpaired) electrons. The van der Waals surface area contributed by atoms with Crippen LogP contribution in [0.1, 0.15) is 19.8 Å². The summed E-state index contributed by atoms with van der Waals surface area (Å²) in [6, 6.07) is 7.45. The largest absolute Gasteiger partial charge is 0.308 e. The number of nitrogens with one attached hydrogen (secondary N) is 1. The number of nitrogens with zero attached hydrogens (tertiary/aromatic N) is 3. The zero-order valence-corrected chi connectivity index (χ0v) is 15.5. The molecule has 9 heteroatoms. The van der Waals surface area contributed by atoms with Crippen LogP contribution in [0.25, 0.3) is 10.2 Å². The number of hydrogen-bond acceptors (Lipinski definition) is 7. The van der Waals surface area contributed by atoms with Crippen LogP contribution in [0, 0.1) is 0 Å². The van der Waals surface area contributed by atoms with E-state index in [4.69, 9.17) is 0 Å². The molecule has 0 aliphatic rings. The van der Waals surface area contributed by atoms with Crippen molar-refractivity contribution in [1.29, 1.82) is 0 Å². The third-order valence-corrected chi connectivity index (χ3v) is 6.27. The summed E-state index contributed by atoms with van der Waals surface area (Å²) in [6.45, 7) is 2.11. The number of carbonyl (C=O) groups is 1. The number of amides is 1. The molecule has 1 N–H and O–H groups in total. The highest BCUT2D eigenvalue weighted by molar-refractivity contribution is 8.01. The summed E-state index contributed by atoms with van der Waals surface area (Å²) >= 11 is 4.14. The number of unbranched alkanes of at least 4 members (excludes halogenated alkanes) is 1. The van der Waals surface area contributed by atoms with Crippen LogP contribution in [-0.4, -0.2) is 26.4 Å². The minimum atomic E-state index is -0.276. The summed E-state index contributed by atoms with van der Waals surface area (Å²) in [5, 5.41) is 11.2. The van der Waals surface area contributed by atoms with Gasteiger partial charge in [0.05, 0.1) is 10.2 Å². The van der Waals surface area contributed by atoms with Gasteiger partial charge in [-0.1, -0.05) is 59.9 Å². The standard InChI is InChI=1S/C15H16N4O2S3/c1-2-3-8-22-14-18-17-13(24-14)16-12(20)9-19-10-6-4-5-7-11(10)23-15(19)21/h4-7H,2-3,8-9H2,1H3,(H,16,17,20). The smallest absolute Gasteiger partial charge is 0.299 e. The number of thiazole rings is 1. The van der Waals surface area contributed by atoms with Crippen LogP contribution in [0.2, 0.25) is 0 Å². The van der Waals surface area contributed by atoms with E-state index in [9.17, 15) is 9.59 Å². The summed E-state index contributed by atoms with van der Waals surface area (Å²) in [7, 11) is 0. The fraction of sp³-hybridized carbons (Fsp3) is 0.333. The van der Waals surface area contributed by atoms with Gasteiger partial charge in [-0.05, 0) is 18.6 Å². The van der Waals surface area contributed by atoms with E-state index >= 15 is 0 Å². The average molecular weight is 381 g/mol. The molecule has 0 spiro atoms. The van der Waals surface area contributed by atoms with Crippen LogP contribution < -0.4 is 10.2 Å². The first-order valence-corrected chi connectivity index (χ1v) is 10.1. The monoisotopic (exact) mass is 380 g/mol. The maximum atomic E-state index is 12.2. The number of para-hydroxylation sites is 1. The van der Waals surface area contributed by atoms with Gasteiger partial charge < -0.3 is 0 Å². The second-order valence-corrected chi connectivity index (χ2v) is 8.36. The lowest BCUT2D eigenvalue weighted by atomic mass is 10.3. The van der Waals surface area contributed by atoms with E-state index in [1.807, 2.05) is 24.3 Å². The summed E-state index contributed by atoms with van der Waals surface area (Å²) < 4.78 is 3.20. The van der Waals surface area contributed by atoms with Gasteiger partial charge in [-0.15, -0.1) is 10.2 Å². The fourth-order valence-corrected chi connectivity index (χ4v) is 4.90. The molecule has 0 unspecified atom stereocenters. The number of carbonyl (C=O) groups excluding carboxylic acids is 1. The van der Waals surface area contributed by atoms with Gasteiger partial charge in [0.15, 0.2) is 4.34 Å². The maximum absolute atomic E-state index is 12.2. The Bertz CT molecular complexity index is 899. The third kappa shape index (κ3) is 4.03. The Labute approximate surface area is 150 Å². The zero-order valence-electron chi connectivity index (χ0n) is 13.0. The van der Waals surface area contributed by atoms with Crippen molar-refractivity contribution < 1.29 is 4.79 Å². The van der Waals surface area contributed by atoms with Crippen LogP contribution in [0.4, 0.5) is 5.13 Å². The first kappa shape index (κ1) is 17.1. The van der Waals surface area contributed by atoms with Crippen LogP contribution in [-0.2, 0) is 11.3 Å². The number of fused-ring (bicyclic) bond motifs is 1. The molecule has 2 heterocycles. The van der Waals surface area contributed by atoms with Gasteiger partial charge in [0.1, 0.15) is 6.54 Å². The van der Waals surface area contributed by atoms with E-state index in [0.29, 0.717) is 5.13 Å². The molecule has 3 rings (SSSR count). The predicted molar refractivity (Wildman–Crippen MR) is 100 cm³/mol. The SMILES string of the molecule is CCCCSc1nnc(NC(=O)Cn2c(=O)sc3ccccc32)s1. The number of hydrogen-bond donors (Lipinski definition) is 1. The molecule has 2 aromatic heterocycles. The highest BCUT2D eigenvalue weighted by atomic mass is 32.2. The van der Waals surface area contributed by atoms with Gasteiger partial charge in [0, 0.05) is 5.75 Å². The molecular weight excluding hydrogens is 364 g/mol. The van der Waals surface area contributed by atoms with Crippen molar-refractivity contribution in [3.05, 3.63) is 33.9 Å². The van der Waals surface area contributed by atoms with Gasteiger partial charge in [-0.2, -0.15) is 0 Å². The quantitative estimate of drug-likeness (QED) is 0.386. The van der Waals surface area contributed by atoms with Gasteiger partial charge in [0.2, 0.25) is 11.0 Å². The van der Waals surface area contributed by atoms with Gasteiger partial charge in [0.25, 0.3) is 0 Å². The van der Waals surface area contributed by atoms with Crippen LogP contribution in [0.15, 0.2) is 33.4 Å². The first-order chi connectivity index (χ1) is 11.7. The van der Waals surface area contributed by atoms with Crippen molar-refractivity contribution in [2.24, 2.45) is 0 Å². The molecule has 3 aromatic rings. The van der Waals surface area contributed by atoms with Crippen molar-refractivity contribution in [2.45, 2.75) is 30.6 Å². The first-order valence-electron chi connectivity index (χ1n) is 7.52. The Morgan fingerprint density at radius 3 is 2.96 bits per heavy atom. The van der Waals surface area contributed by atoms with Crippen LogP contribution in [0.5, 0.6) is 0 Å². The molecule has 0 aliphatic heterocycles. The third-order valence-electron chi connectivity index (χ3n) is 3.25. The second kappa shape index (κ2) is 7.91. The van der Waals surface area contributed by atoms with Gasteiger partial charge in [-0.25, -0.2) is 0 Å². The Hall–Kier alpha value is -1.71. The molecule has 0 atom stereocenters. The van der Waals surface area contributed by atoms with E-state index in [1.165, 1.54) is 15.9 Å². The summed E-state index contributed by atoms with van der Waals surface area (Å²) in [5.41, 5.74) is 0.774. The molecule has 0 fully saturated rings. The van der Waals surface area contributed by atoms with E-state index in [1.54, 1.807) is 11.8 Å². The number of anilines is 1. The Kier molecular flexibility index (Phi) is 5.64. The molecule has 0 saturated carbocycles. The molecule has 1 amide bonds. The molecule has 126 valence electrons. The molecule has 1 aromatic carbocycles. The molecule has 0 saturated heterocycles. The van der Waals surface area contributed by atoms with Crippen molar-refractivity contribution in [3.8, 4) is 0 Å². The topological polar surface area (TPSA) is 76.9 Å². The van der Waals surface area contributed by atoms with Gasteiger partial charge >= 0.3 is 4.87 Å². The summed E-state index contributed by atoms with van der Waals surface area (Å²) in [4.78, 5) is 24.1. The predicted octanol–water partition coefficient (Wildman–Crippen LogP) is 3.45. The number of thioether (sulfide) groups is 1. The van der Waals surface area contributed by atoms with Crippen molar-refractivity contribution in [3.63, 3.8) is 0 Å². The maximum Gasteiger partial charge on any atom is 0.308 e. The lowest BCUT2D eigenvalue weighted by Crippen LogP contribution is -2.24. The highest BCUT2D eigenvalue weighted by Crippen LogP contribution is 2.26. The molecule has 0 bridgehead atoms. The number of aromatic nitrogens is 3. The van der Waals surface area contributed by atoms with Crippen molar-refractivity contribution in [1.82, 2.24) is 14.8 Å². The Morgan fingerprint density at radius 1 is 1.29 bits per heavy atom. The number of rotatable bonds is 7. The highest BCUT2D eigenvalue weighted by Gasteiger charge is 2.13. The Balaban J connectivity index is 1.65. The molecule has 0 aliphatic carbocycles. The fourth-order valence-electron chi connectivity index (χ4n) is 2.09. The summed E-state index contributed by atoms with van der Waals surface area (Å²) in [5.74, 6) is 0.719. The number of benzene rings is 1. The zero-order chi connectivity index (χ0) is 16.9. The molecular formula is C15H16N4O2S3. The van der Waals surface area contributed by atoms with E-state index in [2.05, 4.69) is 22.4 Å². The molecule has 6 nitrogen and oxygen atoms in total. The minimum absolute atomic E-state index is 0.0270. The van der Waals surface area contributed by atoms with E-state index in [0.717, 1.165) is 44.5 Å². The second-order valence-electron chi connectivity index (χ2n) is 5.05. The Morgan fingerprint density at radius 2 is 2.12 bits per heavy atom. The minimum Gasteiger partial charge on any atom is -0.299 e. The van der Waals surface area contributed by atoms with Crippen LogP contribution >= 0.6 is 34.4 Å².